The van der Waals surface area contributed by atoms with Gasteiger partial charge in [-0.2, -0.15) is 0 Å². The van der Waals surface area contributed by atoms with E-state index in [1.807, 2.05) is 0 Å². The molecule has 0 aliphatic rings. The predicted octanol–water partition coefficient (Wildman–Crippen LogP) is 4.26. The van der Waals surface area contributed by atoms with Crippen LogP contribution in [-0.2, 0) is 13.3 Å². The number of hydrogen-bond donors (Lipinski definition) is 0. The fourth-order valence-corrected chi connectivity index (χ4v) is 3.49. The minimum Gasteiger partial charge on any atom is -0.370 e. The summed E-state index contributed by atoms with van der Waals surface area (Å²) in [6, 6.07) is 0. The van der Waals surface area contributed by atoms with E-state index in [1.54, 1.807) is 5.70 Å². The number of unbranched alkanes of at least 4 members (excludes halogenated alkanes) is 3. The van der Waals surface area contributed by atoms with Crippen molar-refractivity contribution in [3.05, 3.63) is 18.0 Å². The second kappa shape index (κ2) is 12.6. The van der Waals surface area contributed by atoms with E-state index >= 15 is 0 Å². The molecule has 0 aromatic rings. The lowest BCUT2D eigenvalue weighted by Crippen LogP contribution is -2.45. The van der Waals surface area contributed by atoms with Gasteiger partial charge in [-0.3, -0.25) is 0 Å². The first-order valence-corrected chi connectivity index (χ1v) is 9.33. The van der Waals surface area contributed by atoms with E-state index in [9.17, 15) is 0 Å². The summed E-state index contributed by atoms with van der Waals surface area (Å²) >= 11 is 0. The van der Waals surface area contributed by atoms with Gasteiger partial charge in [-0.15, -0.1) is 5.73 Å². The Bertz CT molecular complexity index is 223. The summed E-state index contributed by atoms with van der Waals surface area (Å²) in [4.78, 5) is 0. The monoisotopic (exact) mass is 286 g/mol. The van der Waals surface area contributed by atoms with Crippen molar-refractivity contribution in [3.8, 4) is 0 Å². The molecule has 0 spiro atoms. The van der Waals surface area contributed by atoms with Gasteiger partial charge in [0.2, 0.25) is 0 Å². The highest BCUT2D eigenvalue weighted by Gasteiger charge is 2.38. The molecule has 3 nitrogen and oxygen atoms in total. The molecule has 112 valence electrons. The molecule has 0 radical (unpaired) electrons. The first-order valence-electron chi connectivity index (χ1n) is 7.53. The molecule has 0 N–H and O–H groups in total. The summed E-state index contributed by atoms with van der Waals surface area (Å²) in [5.41, 5.74) is 4.59. The molecule has 0 atom stereocenters. The van der Waals surface area contributed by atoms with Crippen LogP contribution >= 0.6 is 0 Å². The van der Waals surface area contributed by atoms with Crippen molar-refractivity contribution in [2.24, 2.45) is 0 Å². The molecule has 0 aromatic heterocycles. The van der Waals surface area contributed by atoms with Crippen LogP contribution in [0.1, 0.15) is 59.3 Å². The van der Waals surface area contributed by atoms with Crippen LogP contribution in [0.15, 0.2) is 18.0 Å². The quantitative estimate of drug-likeness (QED) is 0.288. The lowest BCUT2D eigenvalue weighted by Gasteiger charge is -2.26. The summed E-state index contributed by atoms with van der Waals surface area (Å²) in [6.45, 7) is 12.1. The fraction of sp³-hybridized carbons (Fsp3) is 0.800. The summed E-state index contributed by atoms with van der Waals surface area (Å²) in [6.07, 6.45) is 6.38. The highest BCUT2D eigenvalue weighted by molar-refractivity contribution is 6.66. The highest BCUT2D eigenvalue weighted by Crippen LogP contribution is 2.14. The van der Waals surface area contributed by atoms with Crippen molar-refractivity contribution in [2.75, 3.05) is 19.8 Å². The molecule has 19 heavy (non-hydrogen) atoms. The average Bonchev–Trinajstić information content (AvgIpc) is 2.40. The smallest absolute Gasteiger partial charge is 0.370 e. The van der Waals surface area contributed by atoms with Gasteiger partial charge in [0.15, 0.2) is 0 Å². The van der Waals surface area contributed by atoms with Gasteiger partial charge >= 0.3 is 8.80 Å². The Morgan fingerprint density at radius 1 is 0.842 bits per heavy atom. The summed E-state index contributed by atoms with van der Waals surface area (Å²) < 4.78 is 17.8. The molecule has 0 rings (SSSR count). The van der Waals surface area contributed by atoms with E-state index in [1.165, 1.54) is 0 Å². The van der Waals surface area contributed by atoms with E-state index in [-0.39, 0.29) is 0 Å². The van der Waals surface area contributed by atoms with Crippen LogP contribution in [0.3, 0.4) is 0 Å². The zero-order valence-electron chi connectivity index (χ0n) is 12.9. The highest BCUT2D eigenvalue weighted by atomic mass is 28.4. The van der Waals surface area contributed by atoms with Gasteiger partial charge < -0.3 is 13.3 Å². The van der Waals surface area contributed by atoms with Crippen molar-refractivity contribution < 1.29 is 13.3 Å². The minimum atomic E-state index is -2.71. The van der Waals surface area contributed by atoms with Crippen molar-refractivity contribution >= 4 is 8.80 Å². The molecule has 0 aromatic carbocycles. The maximum absolute atomic E-state index is 5.94. The first-order chi connectivity index (χ1) is 9.24. The Labute approximate surface area is 120 Å². The van der Waals surface area contributed by atoms with Gasteiger partial charge in [0, 0.05) is 25.5 Å². The molecule has 0 aliphatic heterocycles. The van der Waals surface area contributed by atoms with Crippen LogP contribution in [0.2, 0.25) is 0 Å². The Morgan fingerprint density at radius 3 is 1.47 bits per heavy atom. The van der Waals surface area contributed by atoms with Crippen molar-refractivity contribution in [3.63, 3.8) is 0 Å². The first kappa shape index (κ1) is 18.6. The lowest BCUT2D eigenvalue weighted by molar-refractivity contribution is 0.0685. The summed E-state index contributed by atoms with van der Waals surface area (Å²) in [5, 5.41) is 0. The maximum atomic E-state index is 5.94. The van der Waals surface area contributed by atoms with E-state index in [4.69, 9.17) is 13.3 Å². The Balaban J connectivity index is 4.52. The van der Waals surface area contributed by atoms with Crippen LogP contribution in [-0.4, -0.2) is 28.6 Å². The van der Waals surface area contributed by atoms with Crippen molar-refractivity contribution in [1.29, 1.82) is 0 Å². The molecule has 0 fully saturated rings. The zero-order chi connectivity index (χ0) is 14.4. The predicted molar refractivity (Wildman–Crippen MR) is 82.0 cm³/mol. The average molecular weight is 286 g/mol. The van der Waals surface area contributed by atoms with Crippen LogP contribution in [0.4, 0.5) is 0 Å². The number of hydrogen-bond acceptors (Lipinski definition) is 3. The molecule has 4 heteroatoms. The number of rotatable bonds is 13. The van der Waals surface area contributed by atoms with Gasteiger partial charge in [-0.05, 0) is 19.3 Å². The third kappa shape index (κ3) is 9.19. The molecular formula is C15H30O3Si. The SMILES string of the molecule is C=C=C[Si](OCCCC)(OCCCC)OCCCC. The molecule has 0 aliphatic carbocycles. The van der Waals surface area contributed by atoms with Crippen LogP contribution in [0.25, 0.3) is 0 Å². The van der Waals surface area contributed by atoms with E-state index in [2.05, 4.69) is 33.1 Å². The largest absolute Gasteiger partial charge is 0.537 e. The standard InChI is InChI=1S/C15H30O3Si/c1-5-9-12-16-19(15-8-4,17-13-10-6-2)18-14-11-7-3/h15H,4-7,9-14H2,1-3H3. The Hall–Kier alpha value is -0.383. The minimum absolute atomic E-state index is 0.680. The van der Waals surface area contributed by atoms with Crippen LogP contribution in [0.5, 0.6) is 0 Å². The van der Waals surface area contributed by atoms with Crippen molar-refractivity contribution in [1.82, 2.24) is 0 Å². The van der Waals surface area contributed by atoms with Gasteiger partial charge in [-0.1, -0.05) is 46.6 Å². The van der Waals surface area contributed by atoms with E-state index in [0.29, 0.717) is 19.8 Å². The van der Waals surface area contributed by atoms with Crippen LogP contribution < -0.4 is 0 Å². The van der Waals surface area contributed by atoms with E-state index < -0.39 is 8.80 Å². The zero-order valence-corrected chi connectivity index (χ0v) is 13.9. The third-order valence-corrected chi connectivity index (χ3v) is 5.06. The second-order valence-electron chi connectivity index (χ2n) is 4.56. The molecule has 0 saturated heterocycles. The fourth-order valence-electron chi connectivity index (χ4n) is 1.45. The molecule has 0 amide bonds. The maximum Gasteiger partial charge on any atom is 0.537 e. The van der Waals surface area contributed by atoms with Gasteiger partial charge in [0.05, 0.1) is 0 Å². The van der Waals surface area contributed by atoms with Gasteiger partial charge in [-0.25, -0.2) is 0 Å². The van der Waals surface area contributed by atoms with Crippen molar-refractivity contribution in [2.45, 2.75) is 59.3 Å². The third-order valence-electron chi connectivity index (χ3n) is 2.68. The summed E-state index contributed by atoms with van der Waals surface area (Å²) in [5.74, 6) is 0. The Kier molecular flexibility index (Phi) is 12.4. The summed E-state index contributed by atoms with van der Waals surface area (Å²) in [7, 11) is -2.71. The molecule has 0 unspecified atom stereocenters. The normalized spacial score (nSPS) is 11.3. The topological polar surface area (TPSA) is 27.7 Å². The Morgan fingerprint density at radius 2 is 1.21 bits per heavy atom. The molecule has 0 bridgehead atoms. The van der Waals surface area contributed by atoms with Gasteiger partial charge in [0.25, 0.3) is 0 Å². The van der Waals surface area contributed by atoms with Crippen LogP contribution in [0, 0.1) is 0 Å². The lowest BCUT2D eigenvalue weighted by atomic mass is 10.4. The molecule has 0 heterocycles. The molecular weight excluding hydrogens is 256 g/mol. The molecule has 0 saturated carbocycles. The van der Waals surface area contributed by atoms with E-state index in [0.717, 1.165) is 38.5 Å². The second-order valence-corrected chi connectivity index (χ2v) is 6.92. The van der Waals surface area contributed by atoms with Gasteiger partial charge in [0.1, 0.15) is 0 Å².